The molecule has 0 atom stereocenters. The highest BCUT2D eigenvalue weighted by molar-refractivity contribution is 6.02. The monoisotopic (exact) mass is 260 g/mol. The second-order valence-electron chi connectivity index (χ2n) is 5.11. The number of ether oxygens (including phenoxy) is 1. The average molecular weight is 260 g/mol. The molecule has 1 N–H and O–H groups in total. The van der Waals surface area contributed by atoms with E-state index in [0.29, 0.717) is 10.9 Å². The molecule has 19 heavy (non-hydrogen) atoms. The lowest BCUT2D eigenvalue weighted by Gasteiger charge is -2.19. The second-order valence-corrected chi connectivity index (χ2v) is 5.11. The van der Waals surface area contributed by atoms with E-state index in [2.05, 4.69) is 4.98 Å². The van der Waals surface area contributed by atoms with Crippen LogP contribution in [0.3, 0.4) is 0 Å². The van der Waals surface area contributed by atoms with Crippen LogP contribution < -0.4 is 0 Å². The fourth-order valence-corrected chi connectivity index (χ4v) is 1.80. The van der Waals surface area contributed by atoms with Gasteiger partial charge >= 0.3 is 17.7 Å². The minimum absolute atomic E-state index is 0.0542. The van der Waals surface area contributed by atoms with Gasteiger partial charge in [0.25, 0.3) is 0 Å². The molecule has 0 spiro atoms. The first kappa shape index (κ1) is 12.9. The van der Waals surface area contributed by atoms with Gasteiger partial charge in [-0.25, -0.2) is 9.36 Å². The molecule has 0 amide bonds. The predicted molar refractivity (Wildman–Crippen MR) is 70.0 cm³/mol. The van der Waals surface area contributed by atoms with Gasteiger partial charge in [-0.05, 0) is 32.9 Å². The lowest BCUT2D eigenvalue weighted by molar-refractivity contribution is 0.0534. The van der Waals surface area contributed by atoms with Crippen LogP contribution in [0.5, 0.6) is 5.88 Å². The number of nitrogens with zero attached hydrogens (tertiary/aromatic N) is 3. The number of aromatic hydroxyl groups is 1. The van der Waals surface area contributed by atoms with E-state index in [-0.39, 0.29) is 5.69 Å². The lowest BCUT2D eigenvalue weighted by atomic mass is 10.2. The van der Waals surface area contributed by atoms with Crippen molar-refractivity contribution in [3.63, 3.8) is 0 Å². The zero-order valence-electron chi connectivity index (χ0n) is 10.9. The number of rotatable bonds is 0. The molecule has 6 heteroatoms. The van der Waals surface area contributed by atoms with Gasteiger partial charge in [0.15, 0.2) is 4.98 Å². The average Bonchev–Trinajstić information content (AvgIpc) is 2.58. The van der Waals surface area contributed by atoms with Gasteiger partial charge in [-0.2, -0.15) is 0 Å². The molecular formula is C13H14N3O3+. The van der Waals surface area contributed by atoms with E-state index < -0.39 is 17.6 Å². The number of para-hydroxylation sites is 1. The molecule has 0 aliphatic heterocycles. The Labute approximate surface area is 109 Å². The second kappa shape index (κ2) is 4.28. The quantitative estimate of drug-likeness (QED) is 0.734. The highest BCUT2D eigenvalue weighted by Gasteiger charge is 2.31. The van der Waals surface area contributed by atoms with Crippen molar-refractivity contribution in [2.24, 2.45) is 0 Å². The molecule has 0 saturated carbocycles. The number of aromatic nitrogens is 1. The zero-order chi connectivity index (χ0) is 14.2. The van der Waals surface area contributed by atoms with Gasteiger partial charge in [0.05, 0.1) is 5.52 Å². The summed E-state index contributed by atoms with van der Waals surface area (Å²) in [4.78, 5) is 15.1. The van der Waals surface area contributed by atoms with Gasteiger partial charge < -0.3 is 9.84 Å². The first-order valence-electron chi connectivity index (χ1n) is 5.76. The topological polar surface area (TPSA) is 79.6 Å². The third-order valence-corrected chi connectivity index (χ3v) is 2.50. The SMILES string of the molecule is CC(C)(C)OC(=O)n1c(O)c([N+]#N)c2ccccc21. The number of carbonyl (C=O) groups is 1. The van der Waals surface area contributed by atoms with Crippen LogP contribution in [0.4, 0.5) is 10.5 Å². The summed E-state index contributed by atoms with van der Waals surface area (Å²) >= 11 is 0. The van der Waals surface area contributed by atoms with Crippen molar-refractivity contribution >= 4 is 22.7 Å². The van der Waals surface area contributed by atoms with Gasteiger partial charge in [0.2, 0.25) is 5.39 Å². The summed E-state index contributed by atoms with van der Waals surface area (Å²) < 4.78 is 6.19. The van der Waals surface area contributed by atoms with Crippen molar-refractivity contribution in [3.8, 4) is 5.88 Å². The standard InChI is InChI=1S/C13H13N3O3/c1-13(2,3)19-12(18)16-9-7-5-4-6-8(9)10(15-14)11(16)17/h4-7H,1-3H3/p+1. The molecule has 0 aliphatic carbocycles. The summed E-state index contributed by atoms with van der Waals surface area (Å²) in [6.45, 7) is 5.18. The minimum Gasteiger partial charge on any atom is -0.488 e. The fourth-order valence-electron chi connectivity index (χ4n) is 1.80. The summed E-state index contributed by atoms with van der Waals surface area (Å²) in [7, 11) is 0. The predicted octanol–water partition coefficient (Wildman–Crippen LogP) is 3.61. The van der Waals surface area contributed by atoms with E-state index in [0.717, 1.165) is 4.57 Å². The van der Waals surface area contributed by atoms with E-state index in [4.69, 9.17) is 10.1 Å². The number of diazo groups is 1. The number of fused-ring (bicyclic) bond motifs is 1. The molecule has 0 bridgehead atoms. The van der Waals surface area contributed by atoms with Gasteiger partial charge in [0.1, 0.15) is 11.0 Å². The maximum Gasteiger partial charge on any atom is 0.453 e. The zero-order valence-corrected chi connectivity index (χ0v) is 10.9. The molecule has 98 valence electrons. The normalized spacial score (nSPS) is 11.3. The molecule has 0 unspecified atom stereocenters. The largest absolute Gasteiger partial charge is 0.488 e. The van der Waals surface area contributed by atoms with Crippen LogP contribution >= 0.6 is 0 Å². The van der Waals surface area contributed by atoms with E-state index in [1.54, 1.807) is 45.0 Å². The number of hydrogen-bond donors (Lipinski definition) is 1. The Balaban J connectivity index is 2.65. The summed E-state index contributed by atoms with van der Waals surface area (Å²) in [6, 6.07) is 6.71. The van der Waals surface area contributed by atoms with Crippen LogP contribution in [0.15, 0.2) is 24.3 Å². The molecule has 1 heterocycles. The molecule has 2 rings (SSSR count). The molecule has 0 radical (unpaired) electrons. The first-order chi connectivity index (χ1) is 8.85. The van der Waals surface area contributed by atoms with Crippen molar-refractivity contribution in [2.75, 3.05) is 0 Å². The van der Waals surface area contributed by atoms with Crippen molar-refractivity contribution in [1.82, 2.24) is 4.57 Å². The van der Waals surface area contributed by atoms with Crippen LogP contribution in [0, 0.1) is 5.39 Å². The van der Waals surface area contributed by atoms with Crippen LogP contribution in [-0.2, 0) is 4.74 Å². The Morgan fingerprint density at radius 2 is 2.00 bits per heavy atom. The number of benzene rings is 1. The van der Waals surface area contributed by atoms with E-state index in [9.17, 15) is 9.90 Å². The van der Waals surface area contributed by atoms with E-state index in [1.807, 2.05) is 0 Å². The Morgan fingerprint density at radius 3 is 2.58 bits per heavy atom. The van der Waals surface area contributed by atoms with Crippen LogP contribution in [0.2, 0.25) is 0 Å². The molecule has 1 aromatic heterocycles. The summed E-state index contributed by atoms with van der Waals surface area (Å²) in [5.41, 5.74) is -0.325. The van der Waals surface area contributed by atoms with Gasteiger partial charge in [0, 0.05) is 0 Å². The van der Waals surface area contributed by atoms with Crippen molar-refractivity contribution in [3.05, 3.63) is 29.2 Å². The molecule has 0 saturated heterocycles. The molecule has 0 aliphatic rings. The first-order valence-corrected chi connectivity index (χ1v) is 5.76. The maximum absolute atomic E-state index is 12.1. The Kier molecular flexibility index (Phi) is 2.91. The van der Waals surface area contributed by atoms with Crippen molar-refractivity contribution in [2.45, 2.75) is 26.4 Å². The smallest absolute Gasteiger partial charge is 0.453 e. The van der Waals surface area contributed by atoms with Crippen molar-refractivity contribution in [1.29, 1.82) is 5.39 Å². The lowest BCUT2D eigenvalue weighted by Crippen LogP contribution is -2.26. The molecule has 0 fully saturated rings. The van der Waals surface area contributed by atoms with Crippen LogP contribution in [0.1, 0.15) is 20.8 Å². The molecule has 6 nitrogen and oxygen atoms in total. The van der Waals surface area contributed by atoms with Gasteiger partial charge in [-0.3, -0.25) is 0 Å². The minimum atomic E-state index is -0.726. The summed E-state index contributed by atoms with van der Waals surface area (Å²) in [6.07, 6.45) is -0.726. The molecular weight excluding hydrogens is 246 g/mol. The summed E-state index contributed by atoms with van der Waals surface area (Å²) in [5, 5.41) is 19.4. The van der Waals surface area contributed by atoms with Crippen LogP contribution in [-0.4, -0.2) is 21.4 Å². The van der Waals surface area contributed by atoms with Crippen molar-refractivity contribution < 1.29 is 14.6 Å². The Bertz CT molecular complexity index is 689. The van der Waals surface area contributed by atoms with Gasteiger partial charge in [-0.15, -0.1) is 0 Å². The van der Waals surface area contributed by atoms with Crippen LogP contribution in [0.25, 0.3) is 15.9 Å². The van der Waals surface area contributed by atoms with E-state index in [1.165, 1.54) is 0 Å². The maximum atomic E-state index is 12.1. The molecule has 1 aromatic carbocycles. The third-order valence-electron chi connectivity index (χ3n) is 2.50. The van der Waals surface area contributed by atoms with Gasteiger partial charge in [-0.1, -0.05) is 12.1 Å². The molecule has 2 aromatic rings. The highest BCUT2D eigenvalue weighted by Crippen LogP contribution is 2.38. The Hall–Kier alpha value is -2.55. The number of hydrogen-bond acceptors (Lipinski definition) is 4. The third kappa shape index (κ3) is 2.22. The fraction of sp³-hybridized carbons (Fsp3) is 0.308. The highest BCUT2D eigenvalue weighted by atomic mass is 16.6. The summed E-state index contributed by atoms with van der Waals surface area (Å²) in [5.74, 6) is -0.446. The van der Waals surface area contributed by atoms with E-state index >= 15 is 0 Å². The number of carbonyl (C=O) groups excluding carboxylic acids is 1. The Morgan fingerprint density at radius 1 is 1.37 bits per heavy atom.